The Labute approximate surface area is 243 Å². The number of hydrogen-bond acceptors (Lipinski definition) is 7. The maximum absolute atomic E-state index is 13.8. The lowest BCUT2D eigenvalue weighted by molar-refractivity contribution is 0.0376. The molecule has 1 atom stereocenters. The van der Waals surface area contributed by atoms with Crippen molar-refractivity contribution in [1.82, 2.24) is 14.2 Å². The third-order valence-electron chi connectivity index (χ3n) is 7.53. The number of sulfonamides is 1. The molecule has 2 aromatic carbocycles. The van der Waals surface area contributed by atoms with Gasteiger partial charge in [-0.3, -0.25) is 14.6 Å². The third-order valence-corrected chi connectivity index (χ3v) is 11.0. The Morgan fingerprint density at radius 1 is 1.13 bits per heavy atom. The Kier molecular flexibility index (Phi) is 9.35. The number of benzene rings is 2. The van der Waals surface area contributed by atoms with Crippen molar-refractivity contribution >= 4 is 58.5 Å². The summed E-state index contributed by atoms with van der Waals surface area (Å²) in [5.74, 6) is -0.177. The minimum Gasteiger partial charge on any atom is -0.379 e. The fraction of sp³-hybridized carbons (Fsp3) is 0.500. The Morgan fingerprint density at radius 3 is 2.64 bits per heavy atom. The number of fused-ring (bicyclic) bond motifs is 1. The zero-order valence-electron chi connectivity index (χ0n) is 22.2. The minimum atomic E-state index is -3.61. The topological polar surface area (TPSA) is 83.1 Å². The third kappa shape index (κ3) is 6.55. The molecule has 210 valence electrons. The number of morpholine rings is 1. The lowest BCUT2D eigenvalue weighted by Crippen LogP contribution is -2.43. The average Bonchev–Trinajstić information content (AvgIpc) is 3.38. The van der Waals surface area contributed by atoms with Crippen molar-refractivity contribution in [3.63, 3.8) is 0 Å². The van der Waals surface area contributed by atoms with Gasteiger partial charge in [-0.15, -0.1) is 0 Å². The molecular formula is C28H35BrN4O4S2. The molecule has 11 heteroatoms. The summed E-state index contributed by atoms with van der Waals surface area (Å²) in [5.41, 5.74) is 1.30. The largest absolute Gasteiger partial charge is 0.379 e. The van der Waals surface area contributed by atoms with E-state index in [1.807, 2.05) is 25.1 Å². The predicted octanol–water partition coefficient (Wildman–Crippen LogP) is 5.38. The molecule has 3 aromatic rings. The van der Waals surface area contributed by atoms with Gasteiger partial charge in [0.25, 0.3) is 5.91 Å². The monoisotopic (exact) mass is 634 g/mol. The molecule has 2 fully saturated rings. The number of piperidine rings is 1. The van der Waals surface area contributed by atoms with Gasteiger partial charge in [0.2, 0.25) is 10.0 Å². The van der Waals surface area contributed by atoms with Crippen molar-refractivity contribution in [3.05, 3.63) is 52.5 Å². The molecule has 5 rings (SSSR count). The second-order valence-corrected chi connectivity index (χ2v) is 13.9. The summed E-state index contributed by atoms with van der Waals surface area (Å²) in [6.45, 7) is 7.24. The fourth-order valence-electron chi connectivity index (χ4n) is 5.32. The number of aromatic nitrogens is 1. The van der Waals surface area contributed by atoms with Gasteiger partial charge in [-0.05, 0) is 68.1 Å². The highest BCUT2D eigenvalue weighted by molar-refractivity contribution is 9.10. The zero-order chi connectivity index (χ0) is 27.4. The molecule has 2 aliphatic heterocycles. The Hall–Kier alpha value is -1.89. The highest BCUT2D eigenvalue weighted by Crippen LogP contribution is 2.32. The van der Waals surface area contributed by atoms with E-state index >= 15 is 0 Å². The smallest absolute Gasteiger partial charge is 0.260 e. The van der Waals surface area contributed by atoms with Crippen LogP contribution in [0, 0.1) is 0 Å². The van der Waals surface area contributed by atoms with E-state index in [1.54, 1.807) is 33.5 Å². The van der Waals surface area contributed by atoms with Crippen LogP contribution < -0.4 is 4.90 Å². The van der Waals surface area contributed by atoms with Gasteiger partial charge in [0, 0.05) is 48.8 Å². The second kappa shape index (κ2) is 12.7. The average molecular weight is 636 g/mol. The number of thiazole rings is 1. The number of amides is 1. The lowest BCUT2D eigenvalue weighted by Gasteiger charge is -2.34. The fourth-order valence-corrected chi connectivity index (χ4v) is 8.63. The zero-order valence-corrected chi connectivity index (χ0v) is 25.4. The molecule has 39 heavy (non-hydrogen) atoms. The van der Waals surface area contributed by atoms with Crippen LogP contribution in [0.1, 0.15) is 49.4 Å². The van der Waals surface area contributed by atoms with Crippen LogP contribution in [0.25, 0.3) is 10.2 Å². The maximum atomic E-state index is 13.8. The van der Waals surface area contributed by atoms with Gasteiger partial charge in [-0.2, -0.15) is 4.31 Å². The van der Waals surface area contributed by atoms with Gasteiger partial charge in [0.1, 0.15) is 0 Å². The number of ether oxygens (including phenoxy) is 1. The van der Waals surface area contributed by atoms with E-state index in [0.717, 1.165) is 79.6 Å². The first-order chi connectivity index (χ1) is 18.9. The standard InChI is InChI=1S/C28H35BrN4O4S2/c1-2-23-6-3-4-15-33(23)39(35,36)24-10-7-21(8-11-24)27(34)32(14-5-13-31-16-18-37-19-17-31)28-30-25-12-9-22(29)20-26(25)38-28/h7-12,20,23H,2-6,13-19H2,1H3. The van der Waals surface area contributed by atoms with Crippen molar-refractivity contribution in [2.24, 2.45) is 0 Å². The summed E-state index contributed by atoms with van der Waals surface area (Å²) >= 11 is 5.01. The molecule has 1 unspecified atom stereocenters. The Balaban J connectivity index is 1.37. The Morgan fingerprint density at radius 2 is 1.90 bits per heavy atom. The number of carbonyl (C=O) groups is 1. The predicted molar refractivity (Wildman–Crippen MR) is 159 cm³/mol. The van der Waals surface area contributed by atoms with Gasteiger partial charge in [-0.1, -0.05) is 40.6 Å². The van der Waals surface area contributed by atoms with E-state index in [-0.39, 0.29) is 16.8 Å². The molecule has 0 aliphatic carbocycles. The summed E-state index contributed by atoms with van der Waals surface area (Å²) in [6, 6.07) is 12.4. The molecule has 0 saturated carbocycles. The van der Waals surface area contributed by atoms with Crippen LogP contribution in [0.2, 0.25) is 0 Å². The van der Waals surface area contributed by atoms with E-state index < -0.39 is 10.0 Å². The summed E-state index contributed by atoms with van der Waals surface area (Å²) in [5, 5.41) is 0.644. The van der Waals surface area contributed by atoms with Crippen molar-refractivity contribution < 1.29 is 17.9 Å². The number of carbonyl (C=O) groups excluding carboxylic acids is 1. The van der Waals surface area contributed by atoms with Crippen LogP contribution in [0.4, 0.5) is 5.13 Å². The number of hydrogen-bond donors (Lipinski definition) is 0. The molecule has 1 aromatic heterocycles. The number of halogens is 1. The molecule has 2 saturated heterocycles. The molecule has 3 heterocycles. The summed E-state index contributed by atoms with van der Waals surface area (Å²) < 4.78 is 35.9. The SMILES string of the molecule is CCC1CCCCN1S(=O)(=O)c1ccc(C(=O)N(CCCN2CCOCC2)c2nc3ccc(Br)cc3s2)cc1. The molecule has 0 N–H and O–H groups in total. The normalized spacial score (nSPS) is 19.4. The Bertz CT molecular complexity index is 1390. The molecule has 1 amide bonds. The number of rotatable bonds is 9. The van der Waals surface area contributed by atoms with Crippen molar-refractivity contribution in [3.8, 4) is 0 Å². The van der Waals surface area contributed by atoms with Crippen LogP contribution in [0.5, 0.6) is 0 Å². The van der Waals surface area contributed by atoms with Crippen LogP contribution in [-0.2, 0) is 14.8 Å². The minimum absolute atomic E-state index is 0.0334. The molecule has 0 spiro atoms. The molecule has 0 bridgehead atoms. The molecule has 8 nitrogen and oxygen atoms in total. The number of anilines is 1. The van der Waals surface area contributed by atoms with Crippen LogP contribution >= 0.6 is 27.3 Å². The van der Waals surface area contributed by atoms with E-state index in [0.29, 0.717) is 23.8 Å². The highest BCUT2D eigenvalue weighted by atomic mass is 79.9. The summed E-state index contributed by atoms with van der Waals surface area (Å²) in [7, 11) is -3.61. The first-order valence-electron chi connectivity index (χ1n) is 13.7. The molecule has 0 radical (unpaired) electrons. The van der Waals surface area contributed by atoms with Crippen molar-refractivity contribution in [2.75, 3.05) is 50.8 Å². The number of nitrogens with zero attached hydrogens (tertiary/aromatic N) is 4. The first-order valence-corrected chi connectivity index (χ1v) is 16.7. The van der Waals surface area contributed by atoms with E-state index in [1.165, 1.54) is 11.3 Å². The maximum Gasteiger partial charge on any atom is 0.260 e. The quantitative estimate of drug-likeness (QED) is 0.314. The van der Waals surface area contributed by atoms with Gasteiger partial charge in [0.15, 0.2) is 5.13 Å². The molecule has 2 aliphatic rings. The van der Waals surface area contributed by atoms with E-state index in [4.69, 9.17) is 9.72 Å². The summed E-state index contributed by atoms with van der Waals surface area (Å²) in [4.78, 5) is 22.9. The van der Waals surface area contributed by atoms with Gasteiger partial charge < -0.3 is 4.74 Å². The van der Waals surface area contributed by atoms with E-state index in [2.05, 4.69) is 20.8 Å². The molecular weight excluding hydrogens is 600 g/mol. The highest BCUT2D eigenvalue weighted by Gasteiger charge is 2.32. The first kappa shape index (κ1) is 28.6. The lowest BCUT2D eigenvalue weighted by atomic mass is 10.0. The van der Waals surface area contributed by atoms with Gasteiger partial charge >= 0.3 is 0 Å². The van der Waals surface area contributed by atoms with Crippen LogP contribution in [0.3, 0.4) is 0 Å². The van der Waals surface area contributed by atoms with Gasteiger partial charge in [-0.25, -0.2) is 13.4 Å². The van der Waals surface area contributed by atoms with Crippen LogP contribution in [0.15, 0.2) is 51.8 Å². The van der Waals surface area contributed by atoms with Crippen molar-refractivity contribution in [1.29, 1.82) is 0 Å². The van der Waals surface area contributed by atoms with Crippen molar-refractivity contribution in [2.45, 2.75) is 50.0 Å². The second-order valence-electron chi connectivity index (χ2n) is 10.1. The van der Waals surface area contributed by atoms with Gasteiger partial charge in [0.05, 0.1) is 28.3 Å². The van der Waals surface area contributed by atoms with E-state index in [9.17, 15) is 13.2 Å². The van der Waals surface area contributed by atoms with Crippen LogP contribution in [-0.4, -0.2) is 80.5 Å². The summed E-state index contributed by atoms with van der Waals surface area (Å²) in [6.07, 6.45) is 4.43.